The highest BCUT2D eigenvalue weighted by atomic mass is 15.0. The fourth-order valence-corrected chi connectivity index (χ4v) is 14.7. The van der Waals surface area contributed by atoms with Crippen LogP contribution in [-0.2, 0) is 10.8 Å². The Labute approximate surface area is 477 Å². The van der Waals surface area contributed by atoms with Gasteiger partial charge in [-0.3, -0.25) is 0 Å². The van der Waals surface area contributed by atoms with Crippen molar-refractivity contribution < 1.29 is 0 Å². The zero-order valence-electron chi connectivity index (χ0n) is 46.3. The molecule has 2 aliphatic rings. The van der Waals surface area contributed by atoms with Crippen LogP contribution in [0.25, 0.3) is 143 Å². The van der Waals surface area contributed by atoms with Crippen molar-refractivity contribution in [2.45, 2.75) is 38.5 Å². The molecule has 0 aliphatic heterocycles. The number of hydrogen-bond acceptors (Lipinski definition) is 0. The average molecular weight is 1050 g/mol. The molecule has 0 saturated carbocycles. The van der Waals surface area contributed by atoms with E-state index in [0.717, 1.165) is 0 Å². The molecule has 0 fully saturated rings. The summed E-state index contributed by atoms with van der Waals surface area (Å²) in [6.07, 6.45) is 0. The average Bonchev–Trinajstić information content (AvgIpc) is 3.74. The SMILES string of the molecule is CC1(C)c2cc(-c3ccc(-c4ccc5c(c4)c4ccccc4n5-c4cccc5ccccc45)cc3)ccc2-c2cc3c(cc21)-c1ccc(-c2ccc(-c4ccc5c(c4)c4ccccc4n5-c4cccc5ccccc45)cc2)cc1C3(C)C. The van der Waals surface area contributed by atoms with Crippen LogP contribution < -0.4 is 0 Å². The highest BCUT2D eigenvalue weighted by Gasteiger charge is 2.42. The number of benzene rings is 13. The van der Waals surface area contributed by atoms with Gasteiger partial charge in [-0.15, -0.1) is 0 Å². The van der Waals surface area contributed by atoms with Gasteiger partial charge < -0.3 is 9.13 Å². The van der Waals surface area contributed by atoms with Gasteiger partial charge >= 0.3 is 0 Å². The standard InChI is InChI=1S/C80H56N2/c1-79(2)69-45-57(51-31-27-49(28-32-51)55-37-41-77-67(43-55)63-21-9-11-23-75(63)81(77)73-25-13-17-53-15-5-7-19-59(53)73)35-39-61(69)65-48-72-66(47-71(65)79)62-40-36-58(46-70(62)80(72,3)4)52-33-29-50(30-34-52)56-38-42-78-68(44-56)64-22-10-12-24-76(64)82(78)74-26-14-18-54-16-6-8-20-60(54)74/h5-48H,1-4H3. The second kappa shape index (κ2) is 17.2. The summed E-state index contributed by atoms with van der Waals surface area (Å²) in [4.78, 5) is 0. The lowest BCUT2D eigenvalue weighted by atomic mass is 9.79. The Hall–Kier alpha value is -10.0. The minimum absolute atomic E-state index is 0.163. The van der Waals surface area contributed by atoms with Crippen molar-refractivity contribution in [1.82, 2.24) is 9.13 Å². The predicted octanol–water partition coefficient (Wildman–Crippen LogP) is 21.5. The molecule has 0 bridgehead atoms. The zero-order chi connectivity index (χ0) is 54.6. The molecular formula is C80H56N2. The summed E-state index contributed by atoms with van der Waals surface area (Å²) in [5.74, 6) is 0. The Morgan fingerprint density at radius 2 is 0.524 bits per heavy atom. The van der Waals surface area contributed by atoms with Gasteiger partial charge in [0, 0.05) is 43.1 Å². The molecular weight excluding hydrogens is 989 g/mol. The number of aromatic nitrogens is 2. The van der Waals surface area contributed by atoms with Crippen LogP contribution in [0.5, 0.6) is 0 Å². The van der Waals surface area contributed by atoms with Gasteiger partial charge in [0.05, 0.1) is 33.4 Å². The van der Waals surface area contributed by atoms with Gasteiger partial charge in [0.1, 0.15) is 0 Å². The van der Waals surface area contributed by atoms with Gasteiger partial charge in [-0.1, -0.05) is 222 Å². The van der Waals surface area contributed by atoms with E-state index in [-0.39, 0.29) is 10.8 Å². The molecule has 0 atom stereocenters. The second-order valence-electron chi connectivity index (χ2n) is 24.0. The van der Waals surface area contributed by atoms with Crippen LogP contribution in [0.3, 0.4) is 0 Å². The molecule has 13 aromatic carbocycles. The minimum atomic E-state index is -0.163. The van der Waals surface area contributed by atoms with Crippen LogP contribution in [0.2, 0.25) is 0 Å². The molecule has 2 heterocycles. The molecule has 0 spiro atoms. The van der Waals surface area contributed by atoms with E-state index < -0.39 is 0 Å². The molecule has 0 N–H and O–H groups in total. The van der Waals surface area contributed by atoms with Gasteiger partial charge in [-0.05, 0) is 173 Å². The van der Waals surface area contributed by atoms with E-state index in [1.807, 2.05) is 0 Å². The number of para-hydroxylation sites is 2. The Bertz CT molecular complexity index is 4860. The number of rotatable bonds is 6. The molecule has 0 saturated heterocycles. The second-order valence-corrected chi connectivity index (χ2v) is 24.0. The molecule has 15 aromatic rings. The molecule has 2 nitrogen and oxygen atoms in total. The number of fused-ring (bicyclic) bond motifs is 14. The Balaban J connectivity index is 0.653. The highest BCUT2D eigenvalue weighted by Crippen LogP contribution is 2.57. The Kier molecular flexibility index (Phi) is 9.85. The van der Waals surface area contributed by atoms with Crippen molar-refractivity contribution in [3.8, 4) is 78.1 Å². The van der Waals surface area contributed by atoms with E-state index in [9.17, 15) is 0 Å². The highest BCUT2D eigenvalue weighted by molar-refractivity contribution is 6.13. The maximum absolute atomic E-state index is 2.54. The van der Waals surface area contributed by atoms with E-state index in [0.29, 0.717) is 0 Å². The third kappa shape index (κ3) is 6.76. The molecule has 2 heteroatoms. The van der Waals surface area contributed by atoms with Gasteiger partial charge in [-0.25, -0.2) is 0 Å². The fraction of sp³-hybridized carbons (Fsp3) is 0.0750. The smallest absolute Gasteiger partial charge is 0.0541 e. The lowest BCUT2D eigenvalue weighted by Gasteiger charge is -2.24. The van der Waals surface area contributed by atoms with E-state index in [2.05, 4.69) is 304 Å². The van der Waals surface area contributed by atoms with Crippen LogP contribution in [0.4, 0.5) is 0 Å². The van der Waals surface area contributed by atoms with Crippen molar-refractivity contribution in [2.75, 3.05) is 0 Å². The van der Waals surface area contributed by atoms with E-state index in [1.165, 1.54) is 166 Å². The number of hydrogen-bond donors (Lipinski definition) is 0. The molecule has 2 aliphatic carbocycles. The monoisotopic (exact) mass is 1040 g/mol. The molecule has 0 unspecified atom stereocenters. The summed E-state index contributed by atoms with van der Waals surface area (Å²) in [7, 11) is 0. The van der Waals surface area contributed by atoms with Crippen molar-refractivity contribution >= 4 is 65.2 Å². The molecule has 82 heavy (non-hydrogen) atoms. The molecule has 0 amide bonds. The minimum Gasteiger partial charge on any atom is -0.309 e. The molecule has 0 radical (unpaired) electrons. The summed E-state index contributed by atoms with van der Waals surface area (Å²) >= 11 is 0. The summed E-state index contributed by atoms with van der Waals surface area (Å²) in [6, 6.07) is 100. The predicted molar refractivity (Wildman–Crippen MR) is 347 cm³/mol. The fourth-order valence-electron chi connectivity index (χ4n) is 14.7. The molecule has 386 valence electrons. The largest absolute Gasteiger partial charge is 0.309 e. The zero-order valence-corrected chi connectivity index (χ0v) is 46.3. The van der Waals surface area contributed by atoms with Crippen LogP contribution in [0, 0.1) is 0 Å². The first-order chi connectivity index (χ1) is 40.2. The Morgan fingerprint density at radius 1 is 0.220 bits per heavy atom. The van der Waals surface area contributed by atoms with E-state index in [4.69, 9.17) is 0 Å². The first-order valence-electron chi connectivity index (χ1n) is 28.9. The quantitative estimate of drug-likeness (QED) is 0.157. The molecule has 2 aromatic heterocycles. The Morgan fingerprint density at radius 3 is 0.939 bits per heavy atom. The maximum atomic E-state index is 2.54. The van der Waals surface area contributed by atoms with Gasteiger partial charge in [0.25, 0.3) is 0 Å². The summed E-state index contributed by atoms with van der Waals surface area (Å²) in [5.41, 5.74) is 27.8. The van der Waals surface area contributed by atoms with Crippen LogP contribution >= 0.6 is 0 Å². The van der Waals surface area contributed by atoms with Crippen molar-refractivity contribution in [3.05, 3.63) is 289 Å². The lowest BCUT2D eigenvalue weighted by Crippen LogP contribution is -2.17. The van der Waals surface area contributed by atoms with E-state index in [1.54, 1.807) is 0 Å². The third-order valence-corrected chi connectivity index (χ3v) is 18.9. The number of nitrogens with zero attached hydrogens (tertiary/aromatic N) is 2. The first kappa shape index (κ1) is 46.9. The topological polar surface area (TPSA) is 9.86 Å². The van der Waals surface area contributed by atoms with Crippen molar-refractivity contribution in [2.24, 2.45) is 0 Å². The summed E-state index contributed by atoms with van der Waals surface area (Å²) < 4.78 is 4.87. The lowest BCUT2D eigenvalue weighted by molar-refractivity contribution is 0.652. The van der Waals surface area contributed by atoms with Gasteiger partial charge in [0.2, 0.25) is 0 Å². The van der Waals surface area contributed by atoms with Gasteiger partial charge in [-0.2, -0.15) is 0 Å². The maximum Gasteiger partial charge on any atom is 0.0541 e. The van der Waals surface area contributed by atoms with Crippen LogP contribution in [-0.4, -0.2) is 9.13 Å². The van der Waals surface area contributed by atoms with Gasteiger partial charge in [0.15, 0.2) is 0 Å². The summed E-state index contributed by atoms with van der Waals surface area (Å²) in [5, 5.41) is 10.1. The van der Waals surface area contributed by atoms with Crippen molar-refractivity contribution in [1.29, 1.82) is 0 Å². The first-order valence-corrected chi connectivity index (χ1v) is 28.9. The molecule has 17 rings (SSSR count). The van der Waals surface area contributed by atoms with Crippen molar-refractivity contribution in [3.63, 3.8) is 0 Å². The van der Waals surface area contributed by atoms with Crippen LogP contribution in [0.1, 0.15) is 49.9 Å². The summed E-state index contributed by atoms with van der Waals surface area (Å²) in [6.45, 7) is 9.67. The third-order valence-electron chi connectivity index (χ3n) is 18.9. The van der Waals surface area contributed by atoms with E-state index >= 15 is 0 Å². The van der Waals surface area contributed by atoms with Crippen LogP contribution in [0.15, 0.2) is 267 Å². The normalized spacial score (nSPS) is 13.8.